The van der Waals surface area contributed by atoms with E-state index in [1.165, 1.54) is 25.7 Å². The monoisotopic (exact) mass is 522 g/mol. The maximum Gasteiger partial charge on any atom is 0.330 e. The molecule has 0 radical (unpaired) electrons. The molecule has 6 heteroatoms. The largest absolute Gasteiger partial charge is 0.466 e. The lowest BCUT2D eigenvalue weighted by atomic mass is 9.93. The minimum absolute atomic E-state index is 0.149. The van der Waals surface area contributed by atoms with Gasteiger partial charge in [0.25, 0.3) is 0 Å². The Kier molecular flexibility index (Phi) is 14.9. The van der Waals surface area contributed by atoms with Gasteiger partial charge in [0.2, 0.25) is 0 Å². The van der Waals surface area contributed by atoms with E-state index in [1.54, 1.807) is 13.1 Å². The highest BCUT2D eigenvalue weighted by molar-refractivity contribution is 5.92. The Labute approximate surface area is 228 Å². The minimum Gasteiger partial charge on any atom is -0.466 e. The van der Waals surface area contributed by atoms with E-state index >= 15 is 0 Å². The quantitative estimate of drug-likeness (QED) is 0.114. The average molecular weight is 523 g/mol. The fourth-order valence-corrected chi connectivity index (χ4v) is 4.06. The van der Waals surface area contributed by atoms with Gasteiger partial charge < -0.3 is 20.2 Å². The van der Waals surface area contributed by atoms with Gasteiger partial charge in [-0.15, -0.1) is 0 Å². The number of carbonyl (C=O) groups excluding carboxylic acids is 2. The molecule has 0 fully saturated rings. The third-order valence-electron chi connectivity index (χ3n) is 6.38. The predicted octanol–water partition coefficient (Wildman–Crippen LogP) is 7.41. The number of unbranched alkanes of at least 4 members (excludes halogenated alkanes) is 5. The van der Waals surface area contributed by atoms with Gasteiger partial charge in [0.1, 0.15) is 5.54 Å². The Morgan fingerprint density at radius 3 is 2.21 bits per heavy atom. The first-order chi connectivity index (χ1) is 18.5. The van der Waals surface area contributed by atoms with Crippen molar-refractivity contribution in [1.29, 1.82) is 0 Å². The highest BCUT2D eigenvalue weighted by atomic mass is 16.5. The van der Waals surface area contributed by atoms with Gasteiger partial charge in [-0.25, -0.2) is 4.79 Å². The Bertz CT molecular complexity index is 1050. The first-order valence-corrected chi connectivity index (χ1v) is 14.1. The molecule has 1 unspecified atom stereocenters. The number of fused-ring (bicyclic) bond motifs is 1. The van der Waals surface area contributed by atoms with Crippen molar-refractivity contribution in [1.82, 2.24) is 4.98 Å². The van der Waals surface area contributed by atoms with Crippen LogP contribution in [0.15, 0.2) is 66.9 Å². The molecular formula is C32H46N2O4. The summed E-state index contributed by atoms with van der Waals surface area (Å²) in [6.07, 6.45) is 25.6. The molecule has 2 aromatic rings. The van der Waals surface area contributed by atoms with E-state index in [2.05, 4.69) is 48.4 Å². The molecule has 1 aromatic carbocycles. The molecule has 0 bridgehead atoms. The van der Waals surface area contributed by atoms with Crippen molar-refractivity contribution in [3.63, 3.8) is 0 Å². The lowest BCUT2D eigenvalue weighted by Crippen LogP contribution is -2.43. The van der Waals surface area contributed by atoms with Crippen LogP contribution in [0, 0.1) is 0 Å². The van der Waals surface area contributed by atoms with Crippen LogP contribution in [0.1, 0.15) is 90.0 Å². The van der Waals surface area contributed by atoms with E-state index in [0.717, 1.165) is 43.0 Å². The van der Waals surface area contributed by atoms with Crippen molar-refractivity contribution >= 4 is 22.8 Å². The molecule has 1 aromatic heterocycles. The summed E-state index contributed by atoms with van der Waals surface area (Å²) in [5.41, 5.74) is 6.65. The van der Waals surface area contributed by atoms with Gasteiger partial charge in [0.05, 0.1) is 13.2 Å². The molecule has 2 rings (SSSR count). The van der Waals surface area contributed by atoms with E-state index in [-0.39, 0.29) is 19.2 Å². The van der Waals surface area contributed by atoms with Crippen molar-refractivity contribution in [3.8, 4) is 0 Å². The number of aromatic nitrogens is 1. The molecule has 0 amide bonds. The maximum absolute atomic E-state index is 12.6. The second-order valence-corrected chi connectivity index (χ2v) is 9.79. The van der Waals surface area contributed by atoms with Crippen LogP contribution in [0.25, 0.3) is 10.9 Å². The summed E-state index contributed by atoms with van der Waals surface area (Å²) in [6.45, 7) is 4.24. The number of benzene rings is 1. The number of ether oxygens (including phenoxy) is 2. The summed E-state index contributed by atoms with van der Waals surface area (Å²) in [7, 11) is 0. The molecule has 1 atom stereocenters. The van der Waals surface area contributed by atoms with Gasteiger partial charge in [0, 0.05) is 35.5 Å². The van der Waals surface area contributed by atoms with Crippen molar-refractivity contribution in [2.45, 2.75) is 90.0 Å². The number of hydrogen-bond donors (Lipinski definition) is 2. The van der Waals surface area contributed by atoms with Gasteiger partial charge in [-0.1, -0.05) is 74.4 Å². The molecule has 6 nitrogen and oxygen atoms in total. The summed E-state index contributed by atoms with van der Waals surface area (Å²) in [5, 5.41) is 0.896. The SMILES string of the molecule is CCCCC/C=C\C/C=C\C/C=C\CCCCC(=O)OCCCOC(=O)C(C)(N)c1c[nH]c2ccccc12. The van der Waals surface area contributed by atoms with Gasteiger partial charge >= 0.3 is 11.9 Å². The lowest BCUT2D eigenvalue weighted by Gasteiger charge is -2.22. The number of hydrogen-bond acceptors (Lipinski definition) is 5. The molecule has 0 saturated carbocycles. The normalized spacial score (nSPS) is 13.6. The van der Waals surface area contributed by atoms with Crippen LogP contribution in [-0.2, 0) is 24.6 Å². The molecule has 0 aliphatic rings. The van der Waals surface area contributed by atoms with Crippen LogP contribution in [-0.4, -0.2) is 30.1 Å². The number of nitrogens with one attached hydrogen (secondary N) is 1. The highest BCUT2D eigenvalue weighted by Gasteiger charge is 2.34. The Morgan fingerprint density at radius 1 is 0.868 bits per heavy atom. The zero-order chi connectivity index (χ0) is 27.5. The van der Waals surface area contributed by atoms with Crippen LogP contribution in [0.4, 0.5) is 0 Å². The summed E-state index contributed by atoms with van der Waals surface area (Å²) < 4.78 is 10.6. The number of rotatable bonds is 19. The van der Waals surface area contributed by atoms with E-state index < -0.39 is 11.5 Å². The molecule has 0 spiro atoms. The maximum atomic E-state index is 12.6. The van der Waals surface area contributed by atoms with Crippen molar-refractivity contribution in [2.75, 3.05) is 13.2 Å². The van der Waals surface area contributed by atoms with Crippen molar-refractivity contribution < 1.29 is 19.1 Å². The smallest absolute Gasteiger partial charge is 0.330 e. The molecule has 0 saturated heterocycles. The standard InChI is InChI=1S/C32H46N2O4/c1-3-4-5-6-7-8-9-10-11-12-13-14-15-16-17-23-30(35)37-24-20-25-38-31(36)32(2,33)28-26-34-29-22-19-18-21-27(28)29/h7-8,10-11,13-14,18-19,21-22,26,34H,3-6,9,12,15-17,20,23-25,33H2,1-2H3/b8-7-,11-10-,14-13-. The number of H-pyrrole nitrogens is 1. The molecular weight excluding hydrogens is 476 g/mol. The number of nitrogens with two attached hydrogens (primary N) is 1. The third-order valence-corrected chi connectivity index (χ3v) is 6.38. The lowest BCUT2D eigenvalue weighted by molar-refractivity contribution is -0.150. The summed E-state index contributed by atoms with van der Waals surface area (Å²) in [5.74, 6) is -0.722. The van der Waals surface area contributed by atoms with E-state index in [4.69, 9.17) is 15.2 Å². The third kappa shape index (κ3) is 11.5. The molecule has 3 N–H and O–H groups in total. The van der Waals surface area contributed by atoms with Crippen LogP contribution in [0.2, 0.25) is 0 Å². The Morgan fingerprint density at radius 2 is 1.50 bits per heavy atom. The second-order valence-electron chi connectivity index (χ2n) is 9.79. The predicted molar refractivity (Wildman–Crippen MR) is 156 cm³/mol. The van der Waals surface area contributed by atoms with Gasteiger partial charge in [-0.2, -0.15) is 0 Å². The van der Waals surface area contributed by atoms with Crippen LogP contribution in [0.5, 0.6) is 0 Å². The molecule has 0 aliphatic carbocycles. The van der Waals surface area contributed by atoms with E-state index in [0.29, 0.717) is 18.4 Å². The van der Waals surface area contributed by atoms with Crippen molar-refractivity contribution in [3.05, 3.63) is 72.5 Å². The topological polar surface area (TPSA) is 94.4 Å². The van der Waals surface area contributed by atoms with E-state index in [1.807, 2.05) is 24.3 Å². The number of para-hydroxylation sites is 1. The average Bonchev–Trinajstić information content (AvgIpc) is 3.35. The summed E-state index contributed by atoms with van der Waals surface area (Å²) >= 11 is 0. The highest BCUT2D eigenvalue weighted by Crippen LogP contribution is 2.27. The van der Waals surface area contributed by atoms with Crippen LogP contribution in [0.3, 0.4) is 0 Å². The van der Waals surface area contributed by atoms with E-state index in [9.17, 15) is 9.59 Å². The van der Waals surface area contributed by atoms with Crippen LogP contribution < -0.4 is 5.73 Å². The zero-order valence-corrected chi connectivity index (χ0v) is 23.3. The number of esters is 2. The number of allylic oxidation sites excluding steroid dienone is 6. The van der Waals surface area contributed by atoms with Gasteiger partial charge in [-0.05, 0) is 57.9 Å². The fraction of sp³-hybridized carbons (Fsp3) is 0.500. The second kappa shape index (κ2) is 18.2. The minimum atomic E-state index is -1.27. The van der Waals surface area contributed by atoms with Crippen molar-refractivity contribution in [2.24, 2.45) is 5.73 Å². The zero-order valence-electron chi connectivity index (χ0n) is 23.3. The molecule has 38 heavy (non-hydrogen) atoms. The number of carbonyl (C=O) groups is 2. The number of aromatic amines is 1. The van der Waals surface area contributed by atoms with Gasteiger partial charge in [0.15, 0.2) is 0 Å². The first-order valence-electron chi connectivity index (χ1n) is 14.1. The summed E-state index contributed by atoms with van der Waals surface area (Å²) in [6, 6.07) is 7.67. The first kappa shape index (κ1) is 31.1. The van der Waals surface area contributed by atoms with Crippen LogP contribution >= 0.6 is 0 Å². The molecule has 1 heterocycles. The Balaban J connectivity index is 1.48. The summed E-state index contributed by atoms with van der Waals surface area (Å²) in [4.78, 5) is 27.7. The Hall–Kier alpha value is -3.12. The molecule has 0 aliphatic heterocycles. The fourth-order valence-electron chi connectivity index (χ4n) is 4.06. The molecule has 208 valence electrons. The van der Waals surface area contributed by atoms with Gasteiger partial charge in [-0.3, -0.25) is 4.79 Å².